The molecular weight excluding hydrogens is 268 g/mol. The first kappa shape index (κ1) is 15.3. The van der Waals surface area contributed by atoms with Crippen LogP contribution in [0.2, 0.25) is 5.02 Å². The van der Waals surface area contributed by atoms with E-state index in [1.165, 1.54) is 18.2 Å². The zero-order valence-electron chi connectivity index (χ0n) is 10.9. The molecule has 19 heavy (non-hydrogen) atoms. The number of nitrogens with two attached hydrogens (primary N) is 1. The van der Waals surface area contributed by atoms with Crippen LogP contribution in [0.4, 0.5) is 5.69 Å². The van der Waals surface area contributed by atoms with Gasteiger partial charge in [-0.25, -0.2) is 4.79 Å². The molecule has 0 atom stereocenters. The lowest BCUT2D eigenvalue weighted by Gasteiger charge is -2.28. The number of hydrogen-bond donors (Lipinski definition) is 3. The van der Waals surface area contributed by atoms with Crippen molar-refractivity contribution in [3.05, 3.63) is 28.8 Å². The molecule has 0 aliphatic rings. The third-order valence-corrected chi connectivity index (χ3v) is 3.56. The zero-order valence-corrected chi connectivity index (χ0v) is 11.6. The second-order valence-corrected chi connectivity index (χ2v) is 4.69. The maximum Gasteiger partial charge on any atom is 0.329 e. The lowest BCUT2D eigenvalue weighted by molar-refractivity contribution is -0.144. The molecule has 1 aromatic carbocycles. The number of carbonyl (C=O) groups excluding carboxylic acids is 1. The molecule has 1 aromatic rings. The van der Waals surface area contributed by atoms with E-state index in [1.54, 1.807) is 13.8 Å². The summed E-state index contributed by atoms with van der Waals surface area (Å²) in [4.78, 5) is 23.4. The highest BCUT2D eigenvalue weighted by atomic mass is 35.5. The van der Waals surface area contributed by atoms with Crippen LogP contribution in [-0.4, -0.2) is 22.5 Å². The van der Waals surface area contributed by atoms with E-state index in [2.05, 4.69) is 5.32 Å². The lowest BCUT2D eigenvalue weighted by Crippen LogP contribution is -2.53. The monoisotopic (exact) mass is 284 g/mol. The van der Waals surface area contributed by atoms with Gasteiger partial charge in [0.05, 0.1) is 10.7 Å². The molecular formula is C13H17ClN2O3. The number of nitrogen functional groups attached to an aromatic ring is 1. The molecule has 6 heteroatoms. The SMILES string of the molecule is CCC(CC)(NC(=O)c1ccc(N)c(Cl)c1)C(=O)O. The molecule has 0 saturated heterocycles. The number of rotatable bonds is 5. The number of carboxylic acid groups (broad SMARTS) is 1. The van der Waals surface area contributed by atoms with Crippen molar-refractivity contribution >= 4 is 29.2 Å². The minimum Gasteiger partial charge on any atom is -0.480 e. The van der Waals surface area contributed by atoms with E-state index in [1.807, 2.05) is 0 Å². The summed E-state index contributed by atoms with van der Waals surface area (Å²) < 4.78 is 0. The Kier molecular flexibility index (Phi) is 4.78. The van der Waals surface area contributed by atoms with Gasteiger partial charge in [-0.2, -0.15) is 0 Å². The normalized spacial score (nSPS) is 11.1. The third-order valence-electron chi connectivity index (χ3n) is 3.23. The van der Waals surface area contributed by atoms with E-state index in [0.29, 0.717) is 18.5 Å². The lowest BCUT2D eigenvalue weighted by atomic mass is 9.92. The van der Waals surface area contributed by atoms with Crippen molar-refractivity contribution in [2.24, 2.45) is 0 Å². The van der Waals surface area contributed by atoms with Crippen molar-refractivity contribution in [3.63, 3.8) is 0 Å². The first-order chi connectivity index (χ1) is 8.86. The minimum atomic E-state index is -1.26. The molecule has 0 radical (unpaired) electrons. The van der Waals surface area contributed by atoms with E-state index in [-0.39, 0.29) is 10.6 Å². The standard InChI is InChI=1S/C13H17ClN2O3/c1-3-13(4-2,12(18)19)16-11(17)8-5-6-10(15)9(14)7-8/h5-7H,3-4,15H2,1-2H3,(H,16,17)(H,18,19). The number of carboxylic acids is 1. The molecule has 1 rings (SSSR count). The number of aliphatic carboxylic acids is 1. The summed E-state index contributed by atoms with van der Waals surface area (Å²) in [6.45, 7) is 3.43. The van der Waals surface area contributed by atoms with Crippen molar-refractivity contribution in [1.29, 1.82) is 0 Å². The molecule has 0 saturated carbocycles. The van der Waals surface area contributed by atoms with Crippen LogP contribution in [0.1, 0.15) is 37.0 Å². The predicted octanol–water partition coefficient (Wildman–Crippen LogP) is 2.30. The van der Waals surface area contributed by atoms with Crippen molar-refractivity contribution in [1.82, 2.24) is 5.32 Å². The van der Waals surface area contributed by atoms with E-state index in [4.69, 9.17) is 17.3 Å². The molecule has 0 unspecified atom stereocenters. The van der Waals surface area contributed by atoms with Crippen LogP contribution in [0, 0.1) is 0 Å². The average Bonchev–Trinajstić information content (AvgIpc) is 2.38. The van der Waals surface area contributed by atoms with E-state index < -0.39 is 17.4 Å². The van der Waals surface area contributed by atoms with Crippen molar-refractivity contribution in [2.75, 3.05) is 5.73 Å². The van der Waals surface area contributed by atoms with Crippen molar-refractivity contribution < 1.29 is 14.7 Å². The Hall–Kier alpha value is -1.75. The summed E-state index contributed by atoms with van der Waals surface area (Å²) in [5, 5.41) is 12.1. The Morgan fingerprint density at radius 3 is 2.37 bits per heavy atom. The fraction of sp³-hybridized carbons (Fsp3) is 0.385. The van der Waals surface area contributed by atoms with E-state index in [9.17, 15) is 14.7 Å². The number of carbonyl (C=O) groups is 2. The van der Waals surface area contributed by atoms with Gasteiger partial charge < -0.3 is 16.2 Å². The summed E-state index contributed by atoms with van der Waals surface area (Å²) >= 11 is 5.84. The topological polar surface area (TPSA) is 92.4 Å². The summed E-state index contributed by atoms with van der Waals surface area (Å²) in [6, 6.07) is 4.44. The molecule has 0 bridgehead atoms. The second kappa shape index (κ2) is 5.93. The summed E-state index contributed by atoms with van der Waals surface area (Å²) in [5.74, 6) is -1.53. The average molecular weight is 285 g/mol. The highest BCUT2D eigenvalue weighted by Gasteiger charge is 2.36. The Labute approximate surface area is 116 Å². The van der Waals surface area contributed by atoms with Crippen molar-refractivity contribution in [3.8, 4) is 0 Å². The van der Waals surface area contributed by atoms with Gasteiger partial charge in [0.2, 0.25) is 0 Å². The molecule has 104 valence electrons. The van der Waals surface area contributed by atoms with Gasteiger partial charge in [0.15, 0.2) is 0 Å². The van der Waals surface area contributed by atoms with Crippen LogP contribution in [0.5, 0.6) is 0 Å². The quantitative estimate of drug-likeness (QED) is 0.723. The van der Waals surface area contributed by atoms with Crippen LogP contribution in [0.3, 0.4) is 0 Å². The minimum absolute atomic E-state index is 0.265. The fourth-order valence-electron chi connectivity index (χ4n) is 1.74. The summed E-state index contributed by atoms with van der Waals surface area (Å²) in [5.41, 5.74) is 4.95. The Morgan fingerprint density at radius 1 is 1.37 bits per heavy atom. The third kappa shape index (κ3) is 3.17. The highest BCUT2D eigenvalue weighted by Crippen LogP contribution is 2.21. The highest BCUT2D eigenvalue weighted by molar-refractivity contribution is 6.33. The number of benzene rings is 1. The van der Waals surface area contributed by atoms with Crippen LogP contribution in [0.15, 0.2) is 18.2 Å². The van der Waals surface area contributed by atoms with Gasteiger partial charge in [0.25, 0.3) is 5.91 Å². The molecule has 0 aliphatic heterocycles. The van der Waals surface area contributed by atoms with Crippen LogP contribution in [-0.2, 0) is 4.79 Å². The van der Waals surface area contributed by atoms with Gasteiger partial charge in [0.1, 0.15) is 5.54 Å². The van der Waals surface area contributed by atoms with Gasteiger partial charge in [-0.1, -0.05) is 25.4 Å². The maximum atomic E-state index is 12.1. The summed E-state index contributed by atoms with van der Waals surface area (Å²) in [7, 11) is 0. The van der Waals surface area contributed by atoms with Crippen molar-refractivity contribution in [2.45, 2.75) is 32.2 Å². The van der Waals surface area contributed by atoms with Gasteiger partial charge in [0, 0.05) is 5.56 Å². The molecule has 0 spiro atoms. The molecule has 0 aliphatic carbocycles. The molecule has 5 nitrogen and oxygen atoms in total. The van der Waals surface area contributed by atoms with E-state index >= 15 is 0 Å². The number of nitrogens with one attached hydrogen (secondary N) is 1. The van der Waals surface area contributed by atoms with E-state index in [0.717, 1.165) is 0 Å². The molecule has 4 N–H and O–H groups in total. The predicted molar refractivity (Wildman–Crippen MR) is 74.3 cm³/mol. The molecule has 0 fully saturated rings. The summed E-state index contributed by atoms with van der Waals surface area (Å²) in [6.07, 6.45) is 0.598. The smallest absolute Gasteiger partial charge is 0.329 e. The van der Waals surface area contributed by atoms with Gasteiger partial charge in [-0.3, -0.25) is 4.79 Å². The van der Waals surface area contributed by atoms with Crippen LogP contribution in [0.25, 0.3) is 0 Å². The Morgan fingerprint density at radius 2 is 1.95 bits per heavy atom. The molecule has 1 amide bonds. The Balaban J connectivity index is 3.00. The number of hydrogen-bond acceptors (Lipinski definition) is 3. The van der Waals surface area contributed by atoms with Gasteiger partial charge >= 0.3 is 5.97 Å². The Bertz CT molecular complexity index is 499. The fourth-order valence-corrected chi connectivity index (χ4v) is 1.92. The van der Waals surface area contributed by atoms with Gasteiger partial charge in [-0.05, 0) is 31.0 Å². The zero-order chi connectivity index (χ0) is 14.6. The molecule has 0 heterocycles. The number of halogens is 1. The second-order valence-electron chi connectivity index (χ2n) is 4.28. The van der Waals surface area contributed by atoms with Crippen LogP contribution >= 0.6 is 11.6 Å². The largest absolute Gasteiger partial charge is 0.480 e. The number of amides is 1. The first-order valence-corrected chi connectivity index (χ1v) is 6.35. The first-order valence-electron chi connectivity index (χ1n) is 5.97. The molecule has 0 aromatic heterocycles. The van der Waals surface area contributed by atoms with Crippen LogP contribution < -0.4 is 11.1 Å². The number of anilines is 1. The van der Waals surface area contributed by atoms with Gasteiger partial charge in [-0.15, -0.1) is 0 Å². The maximum absolute atomic E-state index is 12.1.